The van der Waals surface area contributed by atoms with Gasteiger partial charge in [0.25, 0.3) is 0 Å². The number of rotatable bonds is 8. The highest BCUT2D eigenvalue weighted by Crippen LogP contribution is 2.03. The van der Waals surface area contributed by atoms with E-state index in [-0.39, 0.29) is 23.6 Å². The van der Waals surface area contributed by atoms with Crippen molar-refractivity contribution >= 4 is 17.7 Å². The minimum absolute atomic E-state index is 0.0674. The summed E-state index contributed by atoms with van der Waals surface area (Å²) >= 11 is 0. The lowest BCUT2D eigenvalue weighted by Crippen LogP contribution is -2.54. The zero-order valence-electron chi connectivity index (χ0n) is 14.8. The van der Waals surface area contributed by atoms with E-state index in [1.165, 1.54) is 6.92 Å². The molecule has 0 aliphatic carbocycles. The Labute approximate surface area is 143 Å². The number of hydrogen-bond acceptors (Lipinski definition) is 3. The third-order valence-electron chi connectivity index (χ3n) is 3.62. The third-order valence-corrected chi connectivity index (χ3v) is 3.62. The summed E-state index contributed by atoms with van der Waals surface area (Å²) in [5.74, 6) is -0.943. The van der Waals surface area contributed by atoms with Gasteiger partial charge in [-0.1, -0.05) is 44.2 Å². The fourth-order valence-corrected chi connectivity index (χ4v) is 2.25. The first-order chi connectivity index (χ1) is 11.3. The quantitative estimate of drug-likeness (QED) is 0.663. The van der Waals surface area contributed by atoms with Crippen LogP contribution in [0.15, 0.2) is 30.3 Å². The maximum absolute atomic E-state index is 12.2. The second-order valence-electron chi connectivity index (χ2n) is 6.18. The second kappa shape index (κ2) is 9.70. The Morgan fingerprint density at radius 3 is 2.12 bits per heavy atom. The predicted molar refractivity (Wildman–Crippen MR) is 93.2 cm³/mol. The molecule has 0 saturated heterocycles. The zero-order chi connectivity index (χ0) is 18.1. The van der Waals surface area contributed by atoms with Crippen molar-refractivity contribution in [1.82, 2.24) is 16.0 Å². The molecule has 1 aromatic rings. The molecule has 0 radical (unpaired) electrons. The highest BCUT2D eigenvalue weighted by Gasteiger charge is 2.25. The van der Waals surface area contributed by atoms with Gasteiger partial charge in [0.05, 0.1) is 0 Å². The minimum atomic E-state index is -0.664. The minimum Gasteiger partial charge on any atom is -0.354 e. The van der Waals surface area contributed by atoms with E-state index in [0.29, 0.717) is 6.54 Å². The highest BCUT2D eigenvalue weighted by atomic mass is 16.2. The SMILES string of the molecule is CC(=O)N[C@H](C(=O)N[C@@H](C)C(=O)NCCc1ccccc1)C(C)C. The van der Waals surface area contributed by atoms with Crippen LogP contribution in [0.1, 0.15) is 33.3 Å². The van der Waals surface area contributed by atoms with Gasteiger partial charge in [0, 0.05) is 13.5 Å². The molecule has 0 unspecified atom stereocenters. The molecular formula is C18H27N3O3. The molecule has 0 aromatic heterocycles. The van der Waals surface area contributed by atoms with Crippen LogP contribution in [0.25, 0.3) is 0 Å². The summed E-state index contributed by atoms with van der Waals surface area (Å²) in [5, 5.41) is 8.06. The number of amides is 3. The molecule has 0 spiro atoms. The maximum atomic E-state index is 12.2. The van der Waals surface area contributed by atoms with Crippen molar-refractivity contribution in [2.45, 2.75) is 46.2 Å². The Morgan fingerprint density at radius 1 is 0.958 bits per heavy atom. The van der Waals surface area contributed by atoms with Crippen molar-refractivity contribution in [2.24, 2.45) is 5.92 Å². The van der Waals surface area contributed by atoms with Crippen LogP contribution in [-0.4, -0.2) is 36.3 Å². The summed E-state index contributed by atoms with van der Waals surface area (Å²) in [5.41, 5.74) is 1.14. The zero-order valence-corrected chi connectivity index (χ0v) is 14.8. The Kier molecular flexibility index (Phi) is 7.95. The van der Waals surface area contributed by atoms with Gasteiger partial charge in [-0.25, -0.2) is 0 Å². The lowest BCUT2D eigenvalue weighted by Gasteiger charge is -2.23. The van der Waals surface area contributed by atoms with Crippen LogP contribution in [0.4, 0.5) is 0 Å². The number of hydrogen-bond donors (Lipinski definition) is 3. The summed E-state index contributed by atoms with van der Waals surface area (Å²) in [7, 11) is 0. The Morgan fingerprint density at radius 2 is 1.58 bits per heavy atom. The van der Waals surface area contributed by atoms with Gasteiger partial charge in [0.15, 0.2) is 0 Å². The van der Waals surface area contributed by atoms with Crippen LogP contribution in [0.5, 0.6) is 0 Å². The standard InChI is InChI=1S/C18H27N3O3/c1-12(2)16(21-14(4)22)18(24)20-13(3)17(23)19-11-10-15-8-6-5-7-9-15/h5-9,12-13,16H,10-11H2,1-4H3,(H,19,23)(H,20,24)(H,21,22)/t13-,16-/m0/s1. The molecule has 0 fully saturated rings. The van der Waals surface area contributed by atoms with Gasteiger partial charge in [-0.3, -0.25) is 14.4 Å². The molecule has 0 saturated carbocycles. The van der Waals surface area contributed by atoms with Crippen molar-refractivity contribution in [3.05, 3.63) is 35.9 Å². The molecule has 0 aliphatic heterocycles. The molecule has 3 N–H and O–H groups in total. The number of carbonyl (C=O) groups is 3. The van der Waals surface area contributed by atoms with Gasteiger partial charge in [0.1, 0.15) is 12.1 Å². The number of carbonyl (C=O) groups excluding carboxylic acids is 3. The van der Waals surface area contributed by atoms with Crippen LogP contribution >= 0.6 is 0 Å². The molecule has 1 rings (SSSR count). The van der Waals surface area contributed by atoms with Crippen LogP contribution in [0.3, 0.4) is 0 Å². The molecular weight excluding hydrogens is 306 g/mol. The first-order valence-corrected chi connectivity index (χ1v) is 8.20. The molecule has 6 heteroatoms. The Bertz CT molecular complexity index is 558. The summed E-state index contributed by atoms with van der Waals surface area (Å²) in [4.78, 5) is 35.5. The smallest absolute Gasteiger partial charge is 0.243 e. The molecule has 0 aliphatic rings. The van der Waals surface area contributed by atoms with Gasteiger partial charge in [0.2, 0.25) is 17.7 Å². The normalized spacial score (nSPS) is 13.0. The number of benzene rings is 1. The summed E-state index contributed by atoms with van der Waals surface area (Å²) in [6, 6.07) is 8.53. The fourth-order valence-electron chi connectivity index (χ4n) is 2.25. The van der Waals surface area contributed by atoms with Crippen molar-refractivity contribution in [3.8, 4) is 0 Å². The largest absolute Gasteiger partial charge is 0.354 e. The molecule has 0 heterocycles. The highest BCUT2D eigenvalue weighted by molar-refractivity contribution is 5.91. The van der Waals surface area contributed by atoms with Gasteiger partial charge in [-0.2, -0.15) is 0 Å². The van der Waals surface area contributed by atoms with E-state index < -0.39 is 12.1 Å². The average molecular weight is 333 g/mol. The van der Waals surface area contributed by atoms with Gasteiger partial charge in [-0.05, 0) is 24.8 Å². The molecule has 3 amide bonds. The van der Waals surface area contributed by atoms with E-state index in [0.717, 1.165) is 12.0 Å². The molecule has 2 atom stereocenters. The Hall–Kier alpha value is -2.37. The molecule has 132 valence electrons. The third kappa shape index (κ3) is 6.81. The van der Waals surface area contributed by atoms with E-state index in [4.69, 9.17) is 0 Å². The molecule has 6 nitrogen and oxygen atoms in total. The monoisotopic (exact) mass is 333 g/mol. The van der Waals surface area contributed by atoms with Crippen LogP contribution < -0.4 is 16.0 Å². The summed E-state index contributed by atoms with van der Waals surface area (Å²) in [6.07, 6.45) is 0.730. The van der Waals surface area contributed by atoms with Crippen LogP contribution in [-0.2, 0) is 20.8 Å². The van der Waals surface area contributed by atoms with Crippen molar-refractivity contribution in [1.29, 1.82) is 0 Å². The first-order valence-electron chi connectivity index (χ1n) is 8.20. The van der Waals surface area contributed by atoms with Crippen LogP contribution in [0, 0.1) is 5.92 Å². The van der Waals surface area contributed by atoms with E-state index >= 15 is 0 Å². The lowest BCUT2D eigenvalue weighted by atomic mass is 10.0. The van der Waals surface area contributed by atoms with E-state index in [2.05, 4.69) is 16.0 Å². The van der Waals surface area contributed by atoms with Gasteiger partial charge < -0.3 is 16.0 Å². The van der Waals surface area contributed by atoms with E-state index in [1.54, 1.807) is 6.92 Å². The van der Waals surface area contributed by atoms with E-state index in [1.807, 2.05) is 44.2 Å². The van der Waals surface area contributed by atoms with Crippen molar-refractivity contribution in [3.63, 3.8) is 0 Å². The first kappa shape index (κ1) is 19.7. The van der Waals surface area contributed by atoms with Crippen molar-refractivity contribution < 1.29 is 14.4 Å². The maximum Gasteiger partial charge on any atom is 0.243 e. The topological polar surface area (TPSA) is 87.3 Å². The average Bonchev–Trinajstić information content (AvgIpc) is 2.52. The summed E-state index contributed by atoms with van der Waals surface area (Å²) in [6.45, 7) is 7.17. The molecule has 0 bridgehead atoms. The molecule has 1 aromatic carbocycles. The fraction of sp³-hybridized carbons (Fsp3) is 0.500. The van der Waals surface area contributed by atoms with Gasteiger partial charge >= 0.3 is 0 Å². The van der Waals surface area contributed by atoms with Crippen molar-refractivity contribution in [2.75, 3.05) is 6.54 Å². The second-order valence-corrected chi connectivity index (χ2v) is 6.18. The van der Waals surface area contributed by atoms with Gasteiger partial charge in [-0.15, -0.1) is 0 Å². The molecule has 24 heavy (non-hydrogen) atoms. The Balaban J connectivity index is 2.44. The predicted octanol–water partition coefficient (Wildman–Crippen LogP) is 1.01. The lowest BCUT2D eigenvalue weighted by molar-refractivity contribution is -0.132. The number of nitrogens with one attached hydrogen (secondary N) is 3. The van der Waals surface area contributed by atoms with Crippen LogP contribution in [0.2, 0.25) is 0 Å². The van der Waals surface area contributed by atoms with E-state index in [9.17, 15) is 14.4 Å². The summed E-state index contributed by atoms with van der Waals surface area (Å²) < 4.78 is 0.